The first-order valence-corrected chi connectivity index (χ1v) is 7.50. The van der Waals surface area contributed by atoms with Crippen LogP contribution in [0.2, 0.25) is 0 Å². The maximum atomic E-state index is 12.8. The fourth-order valence-corrected chi connectivity index (χ4v) is 3.73. The number of hydrogen-bond donors (Lipinski definition) is 1. The van der Waals surface area contributed by atoms with Crippen molar-refractivity contribution in [3.8, 4) is 0 Å². The van der Waals surface area contributed by atoms with Crippen molar-refractivity contribution in [2.45, 2.75) is 30.5 Å². The SMILES string of the molecule is Cc1ccc(S(=O)(=O)N2CC[C@H](N)C2)cc1C(F)(F)F. The van der Waals surface area contributed by atoms with Gasteiger partial charge >= 0.3 is 6.18 Å². The minimum atomic E-state index is -4.57. The number of alkyl halides is 3. The first-order chi connectivity index (χ1) is 9.12. The van der Waals surface area contributed by atoms with Crippen molar-refractivity contribution in [3.05, 3.63) is 29.3 Å². The van der Waals surface area contributed by atoms with Gasteiger partial charge in [0.15, 0.2) is 0 Å². The van der Waals surface area contributed by atoms with E-state index in [1.165, 1.54) is 19.1 Å². The third-order valence-electron chi connectivity index (χ3n) is 3.34. The average Bonchev–Trinajstić information content (AvgIpc) is 2.75. The number of benzene rings is 1. The van der Waals surface area contributed by atoms with Gasteiger partial charge < -0.3 is 5.73 Å². The molecule has 1 fully saturated rings. The molecule has 1 atom stereocenters. The molecule has 0 spiro atoms. The van der Waals surface area contributed by atoms with Crippen LogP contribution in [0.4, 0.5) is 13.2 Å². The van der Waals surface area contributed by atoms with Crippen LogP contribution in [0.15, 0.2) is 23.1 Å². The zero-order valence-corrected chi connectivity index (χ0v) is 11.6. The molecule has 0 radical (unpaired) electrons. The first-order valence-electron chi connectivity index (χ1n) is 6.06. The van der Waals surface area contributed by atoms with Crippen molar-refractivity contribution < 1.29 is 21.6 Å². The van der Waals surface area contributed by atoms with Gasteiger partial charge in [0.25, 0.3) is 0 Å². The van der Waals surface area contributed by atoms with Gasteiger partial charge in [0, 0.05) is 19.1 Å². The Hall–Kier alpha value is -1.12. The molecular formula is C12H15F3N2O2S. The number of aryl methyl sites for hydroxylation is 1. The van der Waals surface area contributed by atoms with Crippen LogP contribution >= 0.6 is 0 Å². The van der Waals surface area contributed by atoms with E-state index in [1.54, 1.807) is 0 Å². The summed E-state index contributed by atoms with van der Waals surface area (Å²) in [5, 5.41) is 0. The summed E-state index contributed by atoms with van der Waals surface area (Å²) < 4.78 is 64.2. The van der Waals surface area contributed by atoms with Gasteiger partial charge in [0.2, 0.25) is 10.0 Å². The Morgan fingerprint density at radius 3 is 2.50 bits per heavy atom. The van der Waals surface area contributed by atoms with E-state index in [4.69, 9.17) is 5.73 Å². The highest BCUT2D eigenvalue weighted by molar-refractivity contribution is 7.89. The molecule has 1 aliphatic rings. The van der Waals surface area contributed by atoms with Gasteiger partial charge in [-0.1, -0.05) is 6.07 Å². The Labute approximate surface area is 115 Å². The fraction of sp³-hybridized carbons (Fsp3) is 0.500. The molecule has 0 unspecified atom stereocenters. The highest BCUT2D eigenvalue weighted by Gasteiger charge is 2.36. The number of sulfonamides is 1. The lowest BCUT2D eigenvalue weighted by Crippen LogP contribution is -2.32. The van der Waals surface area contributed by atoms with Crippen molar-refractivity contribution in [1.29, 1.82) is 0 Å². The van der Waals surface area contributed by atoms with E-state index < -0.39 is 21.8 Å². The van der Waals surface area contributed by atoms with E-state index in [0.717, 1.165) is 4.31 Å². The van der Waals surface area contributed by atoms with Crippen LogP contribution in [0.5, 0.6) is 0 Å². The minimum absolute atomic E-state index is 0.00502. The van der Waals surface area contributed by atoms with E-state index >= 15 is 0 Å². The molecule has 20 heavy (non-hydrogen) atoms. The number of halogens is 3. The second kappa shape index (κ2) is 5.01. The van der Waals surface area contributed by atoms with Crippen molar-refractivity contribution in [1.82, 2.24) is 4.31 Å². The highest BCUT2D eigenvalue weighted by atomic mass is 32.2. The van der Waals surface area contributed by atoms with Gasteiger partial charge in [0.1, 0.15) is 0 Å². The Bertz CT molecular complexity index is 614. The van der Waals surface area contributed by atoms with Crippen molar-refractivity contribution in [2.75, 3.05) is 13.1 Å². The number of nitrogens with two attached hydrogens (primary N) is 1. The van der Waals surface area contributed by atoms with Crippen molar-refractivity contribution >= 4 is 10.0 Å². The molecule has 1 aromatic carbocycles. The molecular weight excluding hydrogens is 293 g/mol. The molecule has 0 saturated carbocycles. The lowest BCUT2D eigenvalue weighted by atomic mass is 10.1. The van der Waals surface area contributed by atoms with Crippen LogP contribution in [0.3, 0.4) is 0 Å². The molecule has 4 nitrogen and oxygen atoms in total. The van der Waals surface area contributed by atoms with E-state index in [1.807, 2.05) is 0 Å². The van der Waals surface area contributed by atoms with Gasteiger partial charge in [0.05, 0.1) is 10.5 Å². The monoisotopic (exact) mass is 308 g/mol. The third-order valence-corrected chi connectivity index (χ3v) is 5.20. The van der Waals surface area contributed by atoms with E-state index in [9.17, 15) is 21.6 Å². The van der Waals surface area contributed by atoms with E-state index in [2.05, 4.69) is 0 Å². The Balaban J connectivity index is 2.43. The normalized spacial score (nSPS) is 21.4. The second-order valence-electron chi connectivity index (χ2n) is 4.89. The Morgan fingerprint density at radius 2 is 2.00 bits per heavy atom. The molecule has 0 aromatic heterocycles. The highest BCUT2D eigenvalue weighted by Crippen LogP contribution is 2.34. The molecule has 0 bridgehead atoms. The second-order valence-corrected chi connectivity index (χ2v) is 6.82. The lowest BCUT2D eigenvalue weighted by Gasteiger charge is -2.18. The zero-order chi connectivity index (χ0) is 15.1. The quantitative estimate of drug-likeness (QED) is 0.905. The molecule has 112 valence electrons. The third kappa shape index (κ3) is 2.82. The largest absolute Gasteiger partial charge is 0.416 e. The molecule has 0 amide bonds. The molecule has 1 aliphatic heterocycles. The summed E-state index contributed by atoms with van der Waals surface area (Å²) in [6.07, 6.45) is -4.06. The standard InChI is InChI=1S/C12H15F3N2O2S/c1-8-2-3-10(6-11(8)12(13,14)15)20(18,19)17-5-4-9(16)7-17/h2-3,6,9H,4-5,7,16H2,1H3/t9-/m0/s1. The minimum Gasteiger partial charge on any atom is -0.326 e. The van der Waals surface area contributed by atoms with Gasteiger partial charge in [-0.2, -0.15) is 17.5 Å². The maximum Gasteiger partial charge on any atom is 0.416 e. The summed E-state index contributed by atoms with van der Waals surface area (Å²) in [6.45, 7) is 1.67. The van der Waals surface area contributed by atoms with Gasteiger partial charge in [-0.25, -0.2) is 8.42 Å². The molecule has 1 heterocycles. The summed E-state index contributed by atoms with van der Waals surface area (Å²) in [6, 6.07) is 2.79. The van der Waals surface area contributed by atoms with Crippen molar-refractivity contribution in [2.24, 2.45) is 5.73 Å². The van der Waals surface area contributed by atoms with Gasteiger partial charge in [-0.15, -0.1) is 0 Å². The predicted molar refractivity (Wildman–Crippen MR) is 67.5 cm³/mol. The summed E-state index contributed by atoms with van der Waals surface area (Å²) >= 11 is 0. The summed E-state index contributed by atoms with van der Waals surface area (Å²) in [5.74, 6) is 0. The molecule has 8 heteroatoms. The van der Waals surface area contributed by atoms with Crippen LogP contribution in [0.25, 0.3) is 0 Å². The number of hydrogen-bond acceptors (Lipinski definition) is 3. The van der Waals surface area contributed by atoms with E-state index in [0.29, 0.717) is 12.5 Å². The van der Waals surface area contributed by atoms with Crippen molar-refractivity contribution in [3.63, 3.8) is 0 Å². The number of rotatable bonds is 2. The Kier molecular flexibility index (Phi) is 3.83. The molecule has 0 aliphatic carbocycles. The smallest absolute Gasteiger partial charge is 0.326 e. The summed E-state index contributed by atoms with van der Waals surface area (Å²) in [4.78, 5) is -0.343. The molecule has 2 rings (SSSR count). The van der Waals surface area contributed by atoms with Gasteiger partial charge in [-0.3, -0.25) is 0 Å². The molecule has 2 N–H and O–H groups in total. The van der Waals surface area contributed by atoms with Gasteiger partial charge in [-0.05, 0) is 31.0 Å². The fourth-order valence-electron chi connectivity index (χ4n) is 2.19. The summed E-state index contributed by atoms with van der Waals surface area (Å²) in [5.41, 5.74) is 4.70. The Morgan fingerprint density at radius 1 is 1.35 bits per heavy atom. The van der Waals surface area contributed by atoms with Crippen LogP contribution in [-0.4, -0.2) is 31.9 Å². The lowest BCUT2D eigenvalue weighted by molar-refractivity contribution is -0.138. The van der Waals surface area contributed by atoms with Crippen LogP contribution in [0.1, 0.15) is 17.5 Å². The predicted octanol–water partition coefficient (Wildman–Crippen LogP) is 1.74. The van der Waals surface area contributed by atoms with Crippen LogP contribution in [-0.2, 0) is 16.2 Å². The van der Waals surface area contributed by atoms with E-state index in [-0.39, 0.29) is 29.6 Å². The molecule has 1 saturated heterocycles. The average molecular weight is 308 g/mol. The summed E-state index contributed by atoms with van der Waals surface area (Å²) in [7, 11) is -3.92. The zero-order valence-electron chi connectivity index (χ0n) is 10.8. The van der Waals surface area contributed by atoms with Crippen LogP contribution < -0.4 is 5.73 Å². The molecule has 1 aromatic rings. The topological polar surface area (TPSA) is 63.4 Å². The maximum absolute atomic E-state index is 12.8. The number of nitrogens with zero attached hydrogens (tertiary/aromatic N) is 1. The first kappa shape index (κ1) is 15.3. The van der Waals surface area contributed by atoms with Crippen LogP contribution in [0, 0.1) is 6.92 Å².